The fourth-order valence-corrected chi connectivity index (χ4v) is 4.00. The van der Waals surface area contributed by atoms with E-state index in [-0.39, 0.29) is 0 Å². The highest BCUT2D eigenvalue weighted by atomic mass is 35.5. The van der Waals surface area contributed by atoms with Crippen molar-refractivity contribution < 1.29 is 0 Å². The van der Waals surface area contributed by atoms with E-state index >= 15 is 0 Å². The van der Waals surface area contributed by atoms with Crippen LogP contribution in [0.3, 0.4) is 0 Å². The van der Waals surface area contributed by atoms with Crippen LogP contribution >= 0.6 is 22.9 Å². The molecule has 1 saturated carbocycles. The predicted octanol–water partition coefficient (Wildman–Crippen LogP) is 4.50. The highest BCUT2D eigenvalue weighted by Gasteiger charge is 2.18. The topological polar surface area (TPSA) is 12.0 Å². The lowest BCUT2D eigenvalue weighted by Crippen LogP contribution is -2.30. The van der Waals surface area contributed by atoms with Gasteiger partial charge in [-0.3, -0.25) is 0 Å². The van der Waals surface area contributed by atoms with E-state index in [1.807, 2.05) is 6.07 Å². The van der Waals surface area contributed by atoms with Gasteiger partial charge >= 0.3 is 0 Å². The molecule has 0 radical (unpaired) electrons. The average Bonchev–Trinajstić information content (AvgIpc) is 2.75. The van der Waals surface area contributed by atoms with Gasteiger partial charge in [0.15, 0.2) is 0 Å². The maximum atomic E-state index is 5.98. The minimum absolute atomic E-state index is 0.618. The third-order valence-corrected chi connectivity index (χ3v) is 5.08. The molecule has 0 saturated heterocycles. The minimum atomic E-state index is 0.618. The van der Waals surface area contributed by atoms with Crippen molar-refractivity contribution in [3.05, 3.63) is 21.3 Å². The molecule has 1 aromatic heterocycles. The molecule has 2 rings (SSSR count). The molecule has 3 heteroatoms. The highest BCUT2D eigenvalue weighted by Crippen LogP contribution is 2.29. The van der Waals surface area contributed by atoms with Crippen molar-refractivity contribution in [2.45, 2.75) is 51.0 Å². The van der Waals surface area contributed by atoms with Crippen LogP contribution in [0.1, 0.15) is 43.4 Å². The van der Waals surface area contributed by atoms with Gasteiger partial charge in [-0.25, -0.2) is 0 Å². The Kier molecular flexibility index (Phi) is 5.33. The summed E-state index contributed by atoms with van der Waals surface area (Å²) in [6, 6.07) is 4.79. The standard InChI is InChI=1S/C14H22ClNS/c1-16-12(9-11-5-3-2-4-6-11)10-13-7-8-14(15)17-13/h7-8,11-12,16H,2-6,9-10H2,1H3. The summed E-state index contributed by atoms with van der Waals surface area (Å²) in [5.74, 6) is 0.941. The molecule has 0 amide bonds. The number of halogens is 1. The molecular weight excluding hydrogens is 250 g/mol. The fourth-order valence-electron chi connectivity index (χ4n) is 2.83. The molecule has 0 spiro atoms. The van der Waals surface area contributed by atoms with Crippen molar-refractivity contribution in [1.82, 2.24) is 5.32 Å². The molecule has 1 unspecified atom stereocenters. The van der Waals surface area contributed by atoms with Crippen molar-refractivity contribution in [2.75, 3.05) is 7.05 Å². The first-order valence-electron chi connectivity index (χ1n) is 6.69. The Morgan fingerprint density at radius 1 is 1.35 bits per heavy atom. The average molecular weight is 272 g/mol. The van der Waals surface area contributed by atoms with Crippen LogP contribution in [0.2, 0.25) is 4.34 Å². The smallest absolute Gasteiger partial charge is 0.0931 e. The van der Waals surface area contributed by atoms with Crippen LogP contribution in [0.15, 0.2) is 12.1 Å². The molecule has 1 N–H and O–H groups in total. The Morgan fingerprint density at radius 2 is 2.12 bits per heavy atom. The molecular formula is C14H22ClNS. The lowest BCUT2D eigenvalue weighted by atomic mass is 9.84. The third-order valence-electron chi connectivity index (χ3n) is 3.83. The number of hydrogen-bond donors (Lipinski definition) is 1. The summed E-state index contributed by atoms with van der Waals surface area (Å²) in [5, 5.41) is 3.47. The third kappa shape index (κ3) is 4.27. The monoisotopic (exact) mass is 271 g/mol. The molecule has 1 nitrogen and oxygen atoms in total. The fraction of sp³-hybridized carbons (Fsp3) is 0.714. The maximum absolute atomic E-state index is 5.98. The van der Waals surface area contributed by atoms with E-state index in [4.69, 9.17) is 11.6 Å². The van der Waals surface area contributed by atoms with Crippen molar-refractivity contribution in [3.63, 3.8) is 0 Å². The predicted molar refractivity (Wildman–Crippen MR) is 77.1 cm³/mol. The summed E-state index contributed by atoms with van der Waals surface area (Å²) in [6.45, 7) is 0. The van der Waals surface area contributed by atoms with Crippen LogP contribution in [0.4, 0.5) is 0 Å². The van der Waals surface area contributed by atoms with Crippen LogP contribution in [0.25, 0.3) is 0 Å². The van der Waals surface area contributed by atoms with E-state index in [0.29, 0.717) is 6.04 Å². The van der Waals surface area contributed by atoms with E-state index in [0.717, 1.165) is 16.7 Å². The molecule has 1 aliphatic rings. The molecule has 1 aromatic rings. The zero-order chi connectivity index (χ0) is 12.1. The SMILES string of the molecule is CNC(Cc1ccc(Cl)s1)CC1CCCCC1. The molecule has 0 aliphatic heterocycles. The zero-order valence-electron chi connectivity index (χ0n) is 10.5. The number of thiophene rings is 1. The molecule has 1 heterocycles. The van der Waals surface area contributed by atoms with Crippen molar-refractivity contribution in [1.29, 1.82) is 0 Å². The highest BCUT2D eigenvalue weighted by molar-refractivity contribution is 7.16. The Balaban J connectivity index is 1.83. The van der Waals surface area contributed by atoms with Crippen LogP contribution < -0.4 is 5.32 Å². The van der Waals surface area contributed by atoms with Gasteiger partial charge in [0.25, 0.3) is 0 Å². The van der Waals surface area contributed by atoms with Gasteiger partial charge in [-0.05, 0) is 37.9 Å². The second kappa shape index (κ2) is 6.77. The van der Waals surface area contributed by atoms with Crippen LogP contribution in [-0.2, 0) is 6.42 Å². The lowest BCUT2D eigenvalue weighted by Gasteiger charge is -2.26. The number of nitrogens with one attached hydrogen (secondary N) is 1. The van der Waals surface area contributed by atoms with Crippen LogP contribution in [0.5, 0.6) is 0 Å². The summed E-state index contributed by atoms with van der Waals surface area (Å²) < 4.78 is 0.910. The summed E-state index contributed by atoms with van der Waals surface area (Å²) in [6.07, 6.45) is 9.64. The summed E-state index contributed by atoms with van der Waals surface area (Å²) >= 11 is 7.70. The Morgan fingerprint density at radius 3 is 2.71 bits per heavy atom. The first-order valence-corrected chi connectivity index (χ1v) is 7.89. The summed E-state index contributed by atoms with van der Waals surface area (Å²) in [5.41, 5.74) is 0. The van der Waals surface area contributed by atoms with E-state index in [1.54, 1.807) is 11.3 Å². The van der Waals surface area contributed by atoms with Crippen LogP contribution in [-0.4, -0.2) is 13.1 Å². The van der Waals surface area contributed by atoms with Gasteiger partial charge in [0.05, 0.1) is 4.34 Å². The number of hydrogen-bond acceptors (Lipinski definition) is 2. The first kappa shape index (κ1) is 13.4. The maximum Gasteiger partial charge on any atom is 0.0931 e. The Labute approximate surface area is 114 Å². The van der Waals surface area contributed by atoms with Gasteiger partial charge in [-0.15, -0.1) is 11.3 Å². The first-order chi connectivity index (χ1) is 8.28. The van der Waals surface area contributed by atoms with Gasteiger partial charge in [0.1, 0.15) is 0 Å². The van der Waals surface area contributed by atoms with Gasteiger partial charge in [0, 0.05) is 10.9 Å². The van der Waals surface area contributed by atoms with E-state index < -0.39 is 0 Å². The van der Waals surface area contributed by atoms with Crippen molar-refractivity contribution in [2.24, 2.45) is 5.92 Å². The normalized spacial score (nSPS) is 19.4. The summed E-state index contributed by atoms with van der Waals surface area (Å²) in [7, 11) is 2.09. The zero-order valence-corrected chi connectivity index (χ0v) is 12.1. The van der Waals surface area contributed by atoms with E-state index in [2.05, 4.69) is 18.4 Å². The number of rotatable bonds is 5. The quantitative estimate of drug-likeness (QED) is 0.831. The van der Waals surface area contributed by atoms with Gasteiger partial charge < -0.3 is 5.32 Å². The summed E-state index contributed by atoms with van der Waals surface area (Å²) in [4.78, 5) is 1.41. The Bertz CT molecular complexity index is 331. The second-order valence-electron chi connectivity index (χ2n) is 5.14. The second-order valence-corrected chi connectivity index (χ2v) is 6.93. The number of likely N-dealkylation sites (N-methyl/N-ethyl adjacent to an activating group) is 1. The minimum Gasteiger partial charge on any atom is -0.317 e. The van der Waals surface area contributed by atoms with Gasteiger partial charge in [-0.1, -0.05) is 43.7 Å². The van der Waals surface area contributed by atoms with E-state index in [9.17, 15) is 0 Å². The molecule has 0 aromatic carbocycles. The van der Waals surface area contributed by atoms with Crippen molar-refractivity contribution in [3.8, 4) is 0 Å². The molecule has 1 fully saturated rings. The Hall–Kier alpha value is -0.0500. The van der Waals surface area contributed by atoms with Gasteiger partial charge in [0.2, 0.25) is 0 Å². The lowest BCUT2D eigenvalue weighted by molar-refractivity contribution is 0.303. The molecule has 96 valence electrons. The van der Waals surface area contributed by atoms with Crippen molar-refractivity contribution >= 4 is 22.9 Å². The van der Waals surface area contributed by atoms with Crippen LogP contribution in [0, 0.1) is 5.92 Å². The molecule has 0 bridgehead atoms. The van der Waals surface area contributed by atoms with Gasteiger partial charge in [-0.2, -0.15) is 0 Å². The van der Waals surface area contributed by atoms with E-state index in [1.165, 1.54) is 43.4 Å². The molecule has 1 aliphatic carbocycles. The molecule has 1 atom stereocenters. The largest absolute Gasteiger partial charge is 0.317 e. The molecule has 17 heavy (non-hydrogen) atoms.